The Labute approximate surface area is 182 Å². The van der Waals surface area contributed by atoms with Gasteiger partial charge in [-0.25, -0.2) is 23.1 Å². The lowest BCUT2D eigenvalue weighted by molar-refractivity contribution is -1.29. The number of sulfonamides is 1. The van der Waals surface area contributed by atoms with Gasteiger partial charge in [0, 0.05) is 17.8 Å². The minimum absolute atomic E-state index is 0.0126. The second kappa shape index (κ2) is 7.94. The van der Waals surface area contributed by atoms with E-state index >= 15 is 0 Å². The molecule has 4 aliphatic rings. The van der Waals surface area contributed by atoms with Gasteiger partial charge in [0.05, 0.1) is 17.2 Å². The highest BCUT2D eigenvalue weighted by molar-refractivity contribution is 7.90. The van der Waals surface area contributed by atoms with Gasteiger partial charge < -0.3 is 10.1 Å². The molecule has 11 nitrogen and oxygen atoms in total. The van der Waals surface area contributed by atoms with Gasteiger partial charge in [-0.2, -0.15) is 4.31 Å². The predicted molar refractivity (Wildman–Crippen MR) is 113 cm³/mol. The van der Waals surface area contributed by atoms with E-state index in [0.717, 1.165) is 20.0 Å². The van der Waals surface area contributed by atoms with E-state index in [1.54, 1.807) is 12.1 Å². The zero-order valence-electron chi connectivity index (χ0n) is 18.3. The van der Waals surface area contributed by atoms with E-state index in [4.69, 9.17) is 4.74 Å². The predicted octanol–water partition coefficient (Wildman–Crippen LogP) is -3.32. The first-order valence-corrected chi connectivity index (χ1v) is 12.0. The number of nitro groups is 1. The third kappa shape index (κ3) is 4.54. The van der Waals surface area contributed by atoms with Crippen molar-refractivity contribution in [1.29, 1.82) is 0 Å². The molecular weight excluding hydrogens is 424 g/mol. The first-order valence-electron chi connectivity index (χ1n) is 10.6. The fourth-order valence-electron chi connectivity index (χ4n) is 5.10. The van der Waals surface area contributed by atoms with Crippen LogP contribution >= 0.6 is 0 Å². The Morgan fingerprint density at radius 3 is 2.26 bits per heavy atom. The van der Waals surface area contributed by atoms with Crippen molar-refractivity contribution in [2.45, 2.75) is 31.1 Å². The molecule has 5 rings (SSSR count). The number of hydrogen-bond acceptors (Lipinski definition) is 6. The lowest BCUT2D eigenvalue weighted by Gasteiger charge is -2.52. The average molecular weight is 458 g/mol. The van der Waals surface area contributed by atoms with Crippen molar-refractivity contribution in [3.63, 3.8) is 0 Å². The summed E-state index contributed by atoms with van der Waals surface area (Å²) in [6, 6.07) is 6.08. The number of quaternary nitrogens is 3. The van der Waals surface area contributed by atoms with Crippen molar-refractivity contribution in [2.75, 3.05) is 58.4 Å². The Hall–Kier alpha value is -1.83. The highest BCUT2D eigenvalue weighted by atomic mass is 32.2. The molecule has 0 amide bonds. The van der Waals surface area contributed by atoms with E-state index in [1.165, 1.54) is 31.1 Å². The van der Waals surface area contributed by atoms with Gasteiger partial charge in [-0.15, -0.1) is 0 Å². The summed E-state index contributed by atoms with van der Waals surface area (Å²) < 4.78 is 34.3. The zero-order valence-corrected chi connectivity index (χ0v) is 19.1. The van der Waals surface area contributed by atoms with E-state index in [-0.39, 0.29) is 19.1 Å². The molecule has 0 spiro atoms. The van der Waals surface area contributed by atoms with Gasteiger partial charge in [0.2, 0.25) is 34.8 Å². The average Bonchev–Trinajstić information content (AvgIpc) is 2.66. The summed E-state index contributed by atoms with van der Waals surface area (Å²) >= 11 is 0. The standard InChI is InChI=1S/C19H30N6O5S/c1-18(2,3)30-15-24(11-20-16-5-4-6-17(7-16)25(26)27)31(28,29)19-8-21-12-22(9-19)14-23(10-19)13-21/h4-7,20H,8-15H2,1-3H3/p+3. The molecule has 4 aliphatic heterocycles. The van der Waals surface area contributed by atoms with E-state index in [9.17, 15) is 18.5 Å². The molecule has 0 atom stereocenters. The topological polar surface area (TPSA) is 115 Å². The summed E-state index contributed by atoms with van der Waals surface area (Å²) in [7, 11) is -3.69. The summed E-state index contributed by atoms with van der Waals surface area (Å²) in [6.07, 6.45) is 0. The third-order valence-corrected chi connectivity index (χ3v) is 8.70. The largest absolute Gasteiger partial charge is 0.371 e. The maximum Gasteiger partial charge on any atom is 0.271 e. The van der Waals surface area contributed by atoms with Crippen LogP contribution in [0.25, 0.3) is 0 Å². The number of ether oxygens (including phenoxy) is 1. The molecule has 1 aromatic rings. The number of nitro benzene ring substituents is 1. The molecule has 4 saturated heterocycles. The maximum absolute atomic E-state index is 14.0. The maximum atomic E-state index is 14.0. The van der Waals surface area contributed by atoms with Crippen molar-refractivity contribution in [3.05, 3.63) is 34.4 Å². The van der Waals surface area contributed by atoms with Crippen LogP contribution in [0.1, 0.15) is 20.8 Å². The third-order valence-electron chi connectivity index (χ3n) is 6.26. The SMILES string of the molecule is CC(C)(C)OCN(CNc1cccc([N+](=O)[O-])c1)S(=O)(=O)C12C[NH+]3C[NH+](C[NH+](C3)C1)C2. The molecule has 31 heavy (non-hydrogen) atoms. The Balaban J connectivity index is 1.57. The van der Waals surface area contributed by atoms with Gasteiger partial charge in [-0.1, -0.05) is 6.07 Å². The number of non-ortho nitro benzene ring substituents is 1. The van der Waals surface area contributed by atoms with E-state index in [2.05, 4.69) is 5.32 Å². The minimum Gasteiger partial charge on any atom is -0.371 e. The summed E-state index contributed by atoms with van der Waals surface area (Å²) in [4.78, 5) is 14.6. The molecule has 12 heteroatoms. The Morgan fingerprint density at radius 1 is 1.16 bits per heavy atom. The van der Waals surface area contributed by atoms with Crippen LogP contribution in [-0.2, 0) is 14.8 Å². The van der Waals surface area contributed by atoms with Crippen molar-refractivity contribution >= 4 is 21.4 Å². The molecule has 4 N–H and O–H groups in total. The molecule has 4 fully saturated rings. The van der Waals surface area contributed by atoms with Crippen molar-refractivity contribution in [3.8, 4) is 0 Å². The molecule has 0 unspecified atom stereocenters. The normalized spacial score (nSPS) is 30.0. The summed E-state index contributed by atoms with van der Waals surface area (Å²) in [5.41, 5.74) is -0.0524. The number of nitrogens with zero attached hydrogens (tertiary/aromatic N) is 2. The van der Waals surface area contributed by atoms with Gasteiger partial charge >= 0.3 is 0 Å². The van der Waals surface area contributed by atoms with Crippen LogP contribution in [0.2, 0.25) is 0 Å². The van der Waals surface area contributed by atoms with Gasteiger partial charge in [-0.05, 0) is 26.8 Å². The van der Waals surface area contributed by atoms with Gasteiger partial charge in [0.1, 0.15) is 26.4 Å². The minimum atomic E-state index is -3.69. The number of benzene rings is 1. The van der Waals surface area contributed by atoms with Crippen molar-refractivity contribution in [1.82, 2.24) is 4.31 Å². The molecule has 0 radical (unpaired) electrons. The fraction of sp³-hybridized carbons (Fsp3) is 0.684. The number of hydrogen-bond donors (Lipinski definition) is 4. The smallest absolute Gasteiger partial charge is 0.271 e. The van der Waals surface area contributed by atoms with Crippen molar-refractivity contribution < 1.29 is 32.8 Å². The first-order chi connectivity index (χ1) is 14.5. The molecule has 0 aromatic heterocycles. The molecule has 0 aliphatic carbocycles. The zero-order chi connectivity index (χ0) is 22.4. The monoisotopic (exact) mass is 457 g/mol. The van der Waals surface area contributed by atoms with Crippen LogP contribution in [0.15, 0.2) is 24.3 Å². The highest BCUT2D eigenvalue weighted by Gasteiger charge is 2.65. The molecule has 172 valence electrons. The lowest BCUT2D eigenvalue weighted by Crippen LogP contribution is -3.56. The molecule has 4 heterocycles. The Bertz CT molecular complexity index is 912. The van der Waals surface area contributed by atoms with Gasteiger partial charge in [0.25, 0.3) is 5.69 Å². The van der Waals surface area contributed by atoms with Crippen LogP contribution in [0.4, 0.5) is 11.4 Å². The second-order valence-electron chi connectivity index (χ2n) is 9.98. The quantitative estimate of drug-likeness (QED) is 0.185. The Kier molecular flexibility index (Phi) is 5.73. The van der Waals surface area contributed by atoms with E-state index in [1.807, 2.05) is 20.8 Å². The Morgan fingerprint density at radius 2 is 1.74 bits per heavy atom. The molecule has 0 saturated carbocycles. The summed E-state index contributed by atoms with van der Waals surface area (Å²) in [6.45, 7) is 10.4. The highest BCUT2D eigenvalue weighted by Crippen LogP contribution is 2.23. The lowest BCUT2D eigenvalue weighted by atomic mass is 10.00. The van der Waals surface area contributed by atoms with Crippen LogP contribution in [-0.4, -0.2) is 81.0 Å². The number of anilines is 1. The van der Waals surface area contributed by atoms with E-state index in [0.29, 0.717) is 25.3 Å². The number of rotatable bonds is 8. The van der Waals surface area contributed by atoms with Crippen LogP contribution in [0.3, 0.4) is 0 Å². The van der Waals surface area contributed by atoms with Crippen LogP contribution in [0.5, 0.6) is 0 Å². The molecule has 4 bridgehead atoms. The fourth-order valence-corrected chi connectivity index (χ4v) is 7.23. The summed E-state index contributed by atoms with van der Waals surface area (Å²) in [5.74, 6) is 0. The second-order valence-corrected chi connectivity index (χ2v) is 12.3. The summed E-state index contributed by atoms with van der Waals surface area (Å²) in [5, 5.41) is 14.1. The molecule has 1 aromatic carbocycles. The first kappa shape index (κ1) is 22.4. The van der Waals surface area contributed by atoms with Crippen molar-refractivity contribution in [2.24, 2.45) is 0 Å². The molecular formula is C19H33N6O5S+3. The van der Waals surface area contributed by atoms with Gasteiger partial charge in [-0.3, -0.25) is 10.1 Å². The van der Waals surface area contributed by atoms with E-state index < -0.39 is 25.3 Å². The van der Waals surface area contributed by atoms with Crippen LogP contribution in [0, 0.1) is 10.1 Å². The van der Waals surface area contributed by atoms with Crippen LogP contribution < -0.4 is 20.0 Å². The number of nitrogens with one attached hydrogen (secondary N) is 4. The van der Waals surface area contributed by atoms with Gasteiger partial charge in [0.15, 0.2) is 0 Å².